The average Bonchev–Trinajstić information content (AvgIpc) is 3.55. The third-order valence-electron chi connectivity index (χ3n) is 9.92. The lowest BCUT2D eigenvalue weighted by Crippen LogP contribution is -2.11. The zero-order valence-electron chi connectivity index (χ0n) is 27.1. The van der Waals surface area contributed by atoms with E-state index in [2.05, 4.69) is 180 Å². The van der Waals surface area contributed by atoms with Gasteiger partial charge in [-0.2, -0.15) is 0 Å². The molecular weight excluding hydrogens is 609 g/mol. The fourth-order valence-corrected chi connectivity index (χ4v) is 7.61. The summed E-state index contributed by atoms with van der Waals surface area (Å²) in [6, 6.07) is 60.8. The van der Waals surface area contributed by atoms with Crippen molar-refractivity contribution in [3.8, 4) is 22.3 Å². The minimum atomic E-state index is 0.848. The molecule has 0 aliphatic rings. The molecule has 0 saturated heterocycles. The fourth-order valence-electron chi connectivity index (χ4n) is 7.61. The van der Waals surface area contributed by atoms with Gasteiger partial charge in [-0.05, 0) is 92.2 Å². The molecule has 0 bridgehead atoms. The van der Waals surface area contributed by atoms with Gasteiger partial charge < -0.3 is 9.32 Å². The quantitative estimate of drug-likeness (QED) is 0.188. The van der Waals surface area contributed by atoms with E-state index in [1.54, 1.807) is 0 Å². The number of anilines is 3. The Balaban J connectivity index is 1.24. The van der Waals surface area contributed by atoms with Gasteiger partial charge in [-0.3, -0.25) is 4.98 Å². The van der Waals surface area contributed by atoms with Crippen LogP contribution in [0.15, 0.2) is 187 Å². The van der Waals surface area contributed by atoms with Gasteiger partial charge in [0.05, 0.1) is 16.8 Å². The molecule has 0 saturated carbocycles. The first kappa shape index (κ1) is 28.3. The number of nitrogens with zero attached hydrogens (tertiary/aromatic N) is 2. The predicted octanol–water partition coefficient (Wildman–Crippen LogP) is 13.2. The number of hydrogen-bond donors (Lipinski definition) is 0. The van der Waals surface area contributed by atoms with Crippen molar-refractivity contribution in [2.45, 2.75) is 0 Å². The lowest BCUT2D eigenvalue weighted by Gasteiger charge is -2.29. The molecule has 0 aliphatic carbocycles. The van der Waals surface area contributed by atoms with E-state index in [1.807, 2.05) is 12.4 Å². The lowest BCUT2D eigenvalue weighted by atomic mass is 9.95. The van der Waals surface area contributed by atoms with Gasteiger partial charge >= 0.3 is 0 Å². The fraction of sp³-hybridized carbons (Fsp3) is 0. The SMILES string of the molecule is c1ccc(N(c2ccc(-c3cccc4ccccc34)cc2)c2cccc3oc4cc5cnccc5cc4c23)c(-c2cccc3ccccc23)c1. The third-order valence-corrected chi connectivity index (χ3v) is 9.92. The van der Waals surface area contributed by atoms with Crippen LogP contribution in [0.5, 0.6) is 0 Å². The summed E-state index contributed by atoms with van der Waals surface area (Å²) < 4.78 is 6.56. The summed E-state index contributed by atoms with van der Waals surface area (Å²) in [6.45, 7) is 0. The first-order chi connectivity index (χ1) is 24.8. The molecule has 8 aromatic carbocycles. The summed E-state index contributed by atoms with van der Waals surface area (Å²) in [5.41, 5.74) is 9.66. The van der Waals surface area contributed by atoms with Gasteiger partial charge in [0.15, 0.2) is 0 Å². The molecule has 3 heteroatoms. The Hall–Kier alpha value is -6.71. The number of aromatic nitrogens is 1. The topological polar surface area (TPSA) is 29.3 Å². The maximum atomic E-state index is 6.56. The van der Waals surface area contributed by atoms with E-state index >= 15 is 0 Å². The molecule has 0 atom stereocenters. The Morgan fingerprint density at radius 1 is 0.420 bits per heavy atom. The van der Waals surface area contributed by atoms with E-state index in [0.29, 0.717) is 0 Å². The molecule has 0 spiro atoms. The van der Waals surface area contributed by atoms with E-state index in [-0.39, 0.29) is 0 Å². The van der Waals surface area contributed by atoms with Crippen molar-refractivity contribution in [1.29, 1.82) is 0 Å². The Morgan fingerprint density at radius 3 is 1.88 bits per heavy atom. The van der Waals surface area contributed by atoms with Crippen molar-refractivity contribution in [1.82, 2.24) is 4.98 Å². The van der Waals surface area contributed by atoms with Gasteiger partial charge in [-0.15, -0.1) is 0 Å². The van der Waals surface area contributed by atoms with Gasteiger partial charge in [0.1, 0.15) is 11.2 Å². The Morgan fingerprint density at radius 2 is 1.06 bits per heavy atom. The summed E-state index contributed by atoms with van der Waals surface area (Å²) in [5.74, 6) is 0. The summed E-state index contributed by atoms with van der Waals surface area (Å²) in [5, 5.41) is 9.27. The van der Waals surface area contributed by atoms with Crippen LogP contribution in [-0.4, -0.2) is 4.98 Å². The van der Waals surface area contributed by atoms with Gasteiger partial charge in [-0.1, -0.05) is 121 Å². The molecular formula is C47H30N2O. The Kier molecular flexibility index (Phi) is 6.49. The molecule has 10 aromatic rings. The van der Waals surface area contributed by atoms with E-state index in [4.69, 9.17) is 4.42 Å². The zero-order chi connectivity index (χ0) is 33.0. The lowest BCUT2D eigenvalue weighted by molar-refractivity contribution is 0.669. The second kappa shape index (κ2) is 11.5. The molecule has 0 radical (unpaired) electrons. The maximum absolute atomic E-state index is 6.56. The van der Waals surface area contributed by atoms with Crippen LogP contribution in [0.25, 0.3) is 76.5 Å². The third kappa shape index (κ3) is 4.56. The molecule has 10 rings (SSSR count). The highest BCUT2D eigenvalue weighted by molar-refractivity contribution is 6.17. The summed E-state index contributed by atoms with van der Waals surface area (Å²) >= 11 is 0. The van der Waals surface area contributed by atoms with Crippen molar-refractivity contribution in [3.63, 3.8) is 0 Å². The van der Waals surface area contributed by atoms with Gasteiger partial charge in [0.2, 0.25) is 0 Å². The van der Waals surface area contributed by atoms with Crippen LogP contribution < -0.4 is 4.90 Å². The normalized spacial score (nSPS) is 11.6. The molecule has 0 unspecified atom stereocenters. The van der Waals surface area contributed by atoms with Crippen LogP contribution >= 0.6 is 0 Å². The molecule has 0 aliphatic heterocycles. The van der Waals surface area contributed by atoms with Crippen molar-refractivity contribution in [2.75, 3.05) is 4.90 Å². The number of pyridine rings is 1. The van der Waals surface area contributed by atoms with Gasteiger partial charge in [0.25, 0.3) is 0 Å². The van der Waals surface area contributed by atoms with Gasteiger partial charge in [-0.25, -0.2) is 0 Å². The van der Waals surface area contributed by atoms with Crippen LogP contribution in [0.1, 0.15) is 0 Å². The standard InChI is InChI=1S/C47H30N2O/c1-3-14-37-31(10-1)12-7-17-38(37)33-22-24-36(25-23-33)49(43-19-6-5-16-41(43)40-18-8-13-32-11-2-4-15-39(32)40)44-20-9-21-45-47(44)42-28-34-26-27-48-30-35(34)29-46(42)50-45/h1-30H. The van der Waals surface area contributed by atoms with E-state index in [1.165, 1.54) is 38.2 Å². The molecule has 3 nitrogen and oxygen atoms in total. The number of fused-ring (bicyclic) bond motifs is 6. The Bertz CT molecular complexity index is 2870. The van der Waals surface area contributed by atoms with Crippen LogP contribution in [0.4, 0.5) is 17.1 Å². The largest absolute Gasteiger partial charge is 0.456 e. The number of para-hydroxylation sites is 1. The first-order valence-corrected chi connectivity index (χ1v) is 16.9. The van der Waals surface area contributed by atoms with Crippen LogP contribution in [0.3, 0.4) is 0 Å². The number of benzene rings is 8. The average molecular weight is 639 g/mol. The minimum absolute atomic E-state index is 0.848. The molecule has 2 aromatic heterocycles. The number of hydrogen-bond acceptors (Lipinski definition) is 3. The van der Waals surface area contributed by atoms with Crippen molar-refractivity contribution >= 4 is 71.3 Å². The van der Waals surface area contributed by atoms with Crippen molar-refractivity contribution in [2.24, 2.45) is 0 Å². The molecule has 2 heterocycles. The molecule has 0 fully saturated rings. The monoisotopic (exact) mass is 638 g/mol. The summed E-state index contributed by atoms with van der Waals surface area (Å²) in [7, 11) is 0. The molecule has 0 N–H and O–H groups in total. The van der Waals surface area contributed by atoms with E-state index in [0.717, 1.165) is 55.3 Å². The molecule has 50 heavy (non-hydrogen) atoms. The minimum Gasteiger partial charge on any atom is -0.456 e. The summed E-state index contributed by atoms with van der Waals surface area (Å²) in [4.78, 5) is 6.76. The summed E-state index contributed by atoms with van der Waals surface area (Å²) in [6.07, 6.45) is 3.74. The second-order valence-corrected chi connectivity index (χ2v) is 12.8. The van der Waals surface area contributed by atoms with Gasteiger partial charge in [0, 0.05) is 34.4 Å². The van der Waals surface area contributed by atoms with E-state index < -0.39 is 0 Å². The highest BCUT2D eigenvalue weighted by atomic mass is 16.3. The van der Waals surface area contributed by atoms with E-state index in [9.17, 15) is 0 Å². The first-order valence-electron chi connectivity index (χ1n) is 16.9. The zero-order valence-corrected chi connectivity index (χ0v) is 27.1. The van der Waals surface area contributed by atoms with Crippen LogP contribution in [0, 0.1) is 0 Å². The molecule has 0 amide bonds. The van der Waals surface area contributed by atoms with Crippen molar-refractivity contribution < 1.29 is 4.42 Å². The highest BCUT2D eigenvalue weighted by Crippen LogP contribution is 2.47. The maximum Gasteiger partial charge on any atom is 0.137 e. The van der Waals surface area contributed by atoms with Crippen LogP contribution in [0.2, 0.25) is 0 Å². The second-order valence-electron chi connectivity index (χ2n) is 12.8. The van der Waals surface area contributed by atoms with Crippen molar-refractivity contribution in [3.05, 3.63) is 182 Å². The van der Waals surface area contributed by atoms with Crippen LogP contribution in [-0.2, 0) is 0 Å². The smallest absolute Gasteiger partial charge is 0.137 e. The predicted molar refractivity (Wildman–Crippen MR) is 210 cm³/mol. The Labute approximate surface area is 289 Å². The highest BCUT2D eigenvalue weighted by Gasteiger charge is 2.23. The number of furan rings is 1. The molecule has 234 valence electrons. The number of rotatable bonds is 5.